The highest BCUT2D eigenvalue weighted by Crippen LogP contribution is 2.27. The summed E-state index contributed by atoms with van der Waals surface area (Å²) < 4.78 is 21.6. The molecule has 1 heterocycles. The molecule has 0 radical (unpaired) electrons. The second kappa shape index (κ2) is 8.75. The second-order valence-corrected chi connectivity index (χ2v) is 7.76. The molecule has 0 spiro atoms. The van der Waals surface area contributed by atoms with Gasteiger partial charge in [-0.15, -0.1) is 10.2 Å². The Morgan fingerprint density at radius 1 is 1.11 bits per heavy atom. The Bertz CT molecular complexity index is 974. The van der Waals surface area contributed by atoms with Crippen molar-refractivity contribution in [1.82, 2.24) is 14.8 Å². The van der Waals surface area contributed by atoms with Crippen molar-refractivity contribution >= 4 is 11.8 Å². The van der Waals surface area contributed by atoms with Gasteiger partial charge in [0.05, 0.1) is 11.7 Å². The standard InChI is InChI=1S/C21H24FN3O2S/c1-13-9-10-14(2)19(15(13)3)27-11-16(26)12-28-21-24-23-20(25(21)4)17-7-5-6-8-18(17)22/h5-10,16,26H,11-12H2,1-4H3/t16-/m1/s1. The van der Waals surface area contributed by atoms with Crippen LogP contribution in [0, 0.1) is 26.6 Å². The summed E-state index contributed by atoms with van der Waals surface area (Å²) in [6.07, 6.45) is -0.669. The van der Waals surface area contributed by atoms with Crippen LogP contribution in [-0.4, -0.2) is 38.3 Å². The van der Waals surface area contributed by atoms with Gasteiger partial charge in [-0.1, -0.05) is 36.0 Å². The summed E-state index contributed by atoms with van der Waals surface area (Å²) in [6.45, 7) is 6.24. The first kappa shape index (κ1) is 20.4. The van der Waals surface area contributed by atoms with Crippen molar-refractivity contribution in [3.63, 3.8) is 0 Å². The number of halogens is 1. The molecule has 2 aromatic carbocycles. The van der Waals surface area contributed by atoms with Gasteiger partial charge in [0.2, 0.25) is 0 Å². The first-order valence-corrected chi connectivity index (χ1v) is 10.0. The molecule has 0 fully saturated rings. The molecule has 0 unspecified atom stereocenters. The van der Waals surface area contributed by atoms with Crippen molar-refractivity contribution in [3.8, 4) is 17.1 Å². The zero-order valence-electron chi connectivity index (χ0n) is 16.4. The summed E-state index contributed by atoms with van der Waals surface area (Å²) in [5.41, 5.74) is 3.69. The van der Waals surface area contributed by atoms with Crippen LogP contribution in [0.2, 0.25) is 0 Å². The van der Waals surface area contributed by atoms with Gasteiger partial charge in [0, 0.05) is 12.8 Å². The highest BCUT2D eigenvalue weighted by Gasteiger charge is 2.16. The van der Waals surface area contributed by atoms with Gasteiger partial charge in [-0.05, 0) is 49.6 Å². The third-order valence-corrected chi connectivity index (χ3v) is 5.81. The number of hydrogen-bond acceptors (Lipinski definition) is 5. The number of aromatic nitrogens is 3. The Hall–Kier alpha value is -2.38. The molecule has 1 aromatic heterocycles. The second-order valence-electron chi connectivity index (χ2n) is 6.77. The molecular formula is C21H24FN3O2S. The minimum Gasteiger partial charge on any atom is -0.490 e. The van der Waals surface area contributed by atoms with E-state index in [0.29, 0.717) is 22.3 Å². The van der Waals surface area contributed by atoms with Crippen LogP contribution in [0.1, 0.15) is 16.7 Å². The highest BCUT2D eigenvalue weighted by atomic mass is 32.2. The van der Waals surface area contributed by atoms with E-state index in [1.54, 1.807) is 29.8 Å². The van der Waals surface area contributed by atoms with E-state index in [1.165, 1.54) is 17.8 Å². The molecule has 1 atom stereocenters. The average molecular weight is 402 g/mol. The maximum Gasteiger partial charge on any atom is 0.191 e. The van der Waals surface area contributed by atoms with Crippen LogP contribution in [0.5, 0.6) is 5.75 Å². The Balaban J connectivity index is 1.61. The molecule has 28 heavy (non-hydrogen) atoms. The van der Waals surface area contributed by atoms with Crippen LogP contribution in [-0.2, 0) is 7.05 Å². The quantitative estimate of drug-likeness (QED) is 0.605. The van der Waals surface area contributed by atoms with E-state index in [9.17, 15) is 9.50 Å². The van der Waals surface area contributed by atoms with Crippen LogP contribution in [0.15, 0.2) is 41.6 Å². The molecule has 5 nitrogen and oxygen atoms in total. The number of hydrogen-bond donors (Lipinski definition) is 1. The zero-order valence-corrected chi connectivity index (χ0v) is 17.3. The van der Waals surface area contributed by atoms with Crippen molar-refractivity contribution in [1.29, 1.82) is 0 Å². The van der Waals surface area contributed by atoms with E-state index in [2.05, 4.69) is 16.3 Å². The third kappa shape index (κ3) is 4.36. The Morgan fingerprint density at radius 2 is 1.82 bits per heavy atom. The van der Waals surface area contributed by atoms with Crippen LogP contribution in [0.3, 0.4) is 0 Å². The number of rotatable bonds is 7. The summed E-state index contributed by atoms with van der Waals surface area (Å²) in [5, 5.41) is 19.1. The highest BCUT2D eigenvalue weighted by molar-refractivity contribution is 7.99. The lowest BCUT2D eigenvalue weighted by Crippen LogP contribution is -2.21. The Labute approximate surface area is 168 Å². The van der Waals surface area contributed by atoms with Crippen LogP contribution in [0.4, 0.5) is 4.39 Å². The summed E-state index contributed by atoms with van der Waals surface area (Å²) in [7, 11) is 1.78. The van der Waals surface area contributed by atoms with Crippen molar-refractivity contribution < 1.29 is 14.2 Å². The number of benzene rings is 2. The first-order valence-electron chi connectivity index (χ1n) is 9.03. The molecule has 7 heteroatoms. The normalized spacial score (nSPS) is 12.2. The molecule has 3 aromatic rings. The van der Waals surface area contributed by atoms with Crippen molar-refractivity contribution in [2.24, 2.45) is 7.05 Å². The number of aryl methyl sites for hydroxylation is 2. The molecule has 1 N–H and O–H groups in total. The molecule has 0 saturated carbocycles. The topological polar surface area (TPSA) is 60.2 Å². The molecule has 148 valence electrons. The van der Waals surface area contributed by atoms with E-state index in [1.807, 2.05) is 26.8 Å². The Morgan fingerprint density at radius 3 is 2.57 bits per heavy atom. The van der Waals surface area contributed by atoms with Crippen LogP contribution < -0.4 is 4.74 Å². The monoisotopic (exact) mass is 401 g/mol. The van der Waals surface area contributed by atoms with Gasteiger partial charge in [-0.3, -0.25) is 0 Å². The van der Waals surface area contributed by atoms with Gasteiger partial charge < -0.3 is 14.4 Å². The summed E-state index contributed by atoms with van der Waals surface area (Å²) in [6, 6.07) is 10.5. The number of aliphatic hydroxyl groups is 1. The third-order valence-electron chi connectivity index (χ3n) is 4.65. The van der Waals surface area contributed by atoms with Gasteiger partial charge in [-0.2, -0.15) is 0 Å². The lowest BCUT2D eigenvalue weighted by molar-refractivity contribution is 0.125. The maximum absolute atomic E-state index is 14.0. The van der Waals surface area contributed by atoms with Crippen LogP contribution >= 0.6 is 11.8 Å². The summed E-state index contributed by atoms with van der Waals surface area (Å²) in [5.74, 6) is 1.33. The van der Waals surface area contributed by atoms with Crippen LogP contribution in [0.25, 0.3) is 11.4 Å². The summed E-state index contributed by atoms with van der Waals surface area (Å²) >= 11 is 1.36. The molecular weight excluding hydrogens is 377 g/mol. The predicted octanol–water partition coefficient (Wildman–Crippen LogP) is 4.08. The molecule has 3 rings (SSSR count). The zero-order chi connectivity index (χ0) is 20.3. The smallest absolute Gasteiger partial charge is 0.191 e. The fourth-order valence-corrected chi connectivity index (χ4v) is 3.68. The van der Waals surface area contributed by atoms with Gasteiger partial charge in [-0.25, -0.2) is 4.39 Å². The summed E-state index contributed by atoms with van der Waals surface area (Å²) in [4.78, 5) is 0. The molecule has 0 amide bonds. The van der Waals surface area contributed by atoms with Crippen molar-refractivity contribution in [2.45, 2.75) is 32.0 Å². The predicted molar refractivity (Wildman–Crippen MR) is 109 cm³/mol. The van der Waals surface area contributed by atoms with E-state index in [4.69, 9.17) is 4.74 Å². The molecule has 0 aliphatic rings. The largest absolute Gasteiger partial charge is 0.490 e. The lowest BCUT2D eigenvalue weighted by atomic mass is 10.1. The average Bonchev–Trinajstić information content (AvgIpc) is 3.04. The fraction of sp³-hybridized carbons (Fsp3) is 0.333. The maximum atomic E-state index is 14.0. The minimum atomic E-state index is -0.669. The number of nitrogens with zero attached hydrogens (tertiary/aromatic N) is 3. The number of ether oxygens (including phenoxy) is 1. The molecule has 0 saturated heterocycles. The SMILES string of the molecule is Cc1ccc(C)c(OC[C@@H](O)CSc2nnc(-c3ccccc3F)n2C)c1C. The van der Waals surface area contributed by atoms with E-state index >= 15 is 0 Å². The van der Waals surface area contributed by atoms with E-state index in [0.717, 1.165) is 22.4 Å². The van der Waals surface area contributed by atoms with Crippen molar-refractivity contribution in [2.75, 3.05) is 12.4 Å². The molecule has 0 aliphatic carbocycles. The minimum absolute atomic E-state index is 0.191. The van der Waals surface area contributed by atoms with Gasteiger partial charge in [0.25, 0.3) is 0 Å². The van der Waals surface area contributed by atoms with Gasteiger partial charge in [0.15, 0.2) is 11.0 Å². The fourth-order valence-electron chi connectivity index (χ4n) is 2.86. The van der Waals surface area contributed by atoms with Gasteiger partial charge >= 0.3 is 0 Å². The lowest BCUT2D eigenvalue weighted by Gasteiger charge is -2.16. The Kier molecular flexibility index (Phi) is 6.36. The molecule has 0 bridgehead atoms. The first-order chi connectivity index (χ1) is 13.4. The van der Waals surface area contributed by atoms with Crippen molar-refractivity contribution in [3.05, 3.63) is 58.9 Å². The van der Waals surface area contributed by atoms with Gasteiger partial charge in [0.1, 0.15) is 18.2 Å². The van der Waals surface area contributed by atoms with E-state index in [-0.39, 0.29) is 12.4 Å². The number of thioether (sulfide) groups is 1. The van der Waals surface area contributed by atoms with E-state index < -0.39 is 6.10 Å². The molecule has 0 aliphatic heterocycles. The number of aliphatic hydroxyl groups excluding tert-OH is 1.